The summed E-state index contributed by atoms with van der Waals surface area (Å²) in [7, 11) is 0. The fourth-order valence-electron chi connectivity index (χ4n) is 2.96. The van der Waals surface area contributed by atoms with Gasteiger partial charge in [-0.1, -0.05) is 40.0 Å². The number of rotatable bonds is 5. The van der Waals surface area contributed by atoms with Crippen molar-refractivity contribution in [2.24, 2.45) is 5.92 Å². The fourth-order valence-corrected chi connectivity index (χ4v) is 2.96. The van der Waals surface area contributed by atoms with E-state index in [1.807, 2.05) is 0 Å². The van der Waals surface area contributed by atoms with Crippen molar-refractivity contribution >= 4 is 0 Å². The average molecular weight is 250 g/mol. The van der Waals surface area contributed by atoms with Crippen LogP contribution in [0.1, 0.15) is 64.7 Å². The molecule has 2 unspecified atom stereocenters. The summed E-state index contributed by atoms with van der Waals surface area (Å²) in [5.41, 5.74) is 0. The van der Waals surface area contributed by atoms with E-state index in [0.717, 1.165) is 18.3 Å². The van der Waals surface area contributed by atoms with Crippen molar-refractivity contribution in [3.63, 3.8) is 0 Å². The zero-order valence-corrected chi connectivity index (χ0v) is 11.9. The molecular weight excluding hydrogens is 224 g/mol. The van der Waals surface area contributed by atoms with Gasteiger partial charge in [0.05, 0.1) is 12.6 Å². The maximum Gasteiger partial charge on any atom is 0.141 e. The third-order valence-corrected chi connectivity index (χ3v) is 4.02. The van der Waals surface area contributed by atoms with E-state index < -0.39 is 0 Å². The number of hydrogen-bond donors (Lipinski definition) is 1. The van der Waals surface area contributed by atoms with Gasteiger partial charge >= 0.3 is 0 Å². The van der Waals surface area contributed by atoms with Gasteiger partial charge in [-0.15, -0.1) is 0 Å². The van der Waals surface area contributed by atoms with Gasteiger partial charge in [0.25, 0.3) is 0 Å². The Kier molecular flexibility index (Phi) is 4.75. The van der Waals surface area contributed by atoms with Crippen LogP contribution in [0.3, 0.4) is 0 Å². The van der Waals surface area contributed by atoms with Gasteiger partial charge in [0.1, 0.15) is 12.2 Å². The van der Waals surface area contributed by atoms with Crippen molar-refractivity contribution in [1.82, 2.24) is 20.1 Å². The Balaban J connectivity index is 2.09. The highest BCUT2D eigenvalue weighted by Gasteiger charge is 2.27. The van der Waals surface area contributed by atoms with Gasteiger partial charge in [0.2, 0.25) is 0 Å². The van der Waals surface area contributed by atoms with Crippen LogP contribution in [0.25, 0.3) is 0 Å². The summed E-state index contributed by atoms with van der Waals surface area (Å²) < 4.78 is 2.18. The van der Waals surface area contributed by atoms with Gasteiger partial charge in [-0.3, -0.25) is 0 Å². The third kappa shape index (κ3) is 3.10. The van der Waals surface area contributed by atoms with Crippen LogP contribution in [0.15, 0.2) is 6.33 Å². The molecule has 0 radical (unpaired) electrons. The molecule has 102 valence electrons. The van der Waals surface area contributed by atoms with E-state index in [1.165, 1.54) is 32.1 Å². The Morgan fingerprint density at radius 3 is 2.89 bits per heavy atom. The Morgan fingerprint density at radius 2 is 2.17 bits per heavy atom. The first-order chi connectivity index (χ1) is 8.72. The SMILES string of the molecule is CCC1CCCCC1n1ncnc1CNC(C)C. The maximum absolute atomic E-state index is 4.48. The van der Waals surface area contributed by atoms with Crippen molar-refractivity contribution in [2.75, 3.05) is 0 Å². The summed E-state index contributed by atoms with van der Waals surface area (Å²) >= 11 is 0. The van der Waals surface area contributed by atoms with Crippen molar-refractivity contribution in [3.05, 3.63) is 12.2 Å². The van der Waals surface area contributed by atoms with Crippen molar-refractivity contribution in [1.29, 1.82) is 0 Å². The summed E-state index contributed by atoms with van der Waals surface area (Å²) in [6.07, 6.45) is 8.27. The molecule has 2 rings (SSSR count). The molecule has 1 aromatic rings. The molecule has 1 fully saturated rings. The lowest BCUT2D eigenvalue weighted by atomic mass is 9.83. The molecule has 0 saturated heterocycles. The van der Waals surface area contributed by atoms with E-state index in [9.17, 15) is 0 Å². The second-order valence-corrected chi connectivity index (χ2v) is 5.68. The minimum Gasteiger partial charge on any atom is -0.308 e. The molecule has 0 bridgehead atoms. The molecule has 0 spiro atoms. The highest BCUT2D eigenvalue weighted by Crippen LogP contribution is 2.35. The Bertz CT molecular complexity index is 358. The summed E-state index contributed by atoms with van der Waals surface area (Å²) in [6.45, 7) is 7.45. The minimum absolute atomic E-state index is 0.489. The first-order valence-corrected chi connectivity index (χ1v) is 7.34. The molecule has 1 heterocycles. The highest BCUT2D eigenvalue weighted by molar-refractivity contribution is 4.91. The van der Waals surface area contributed by atoms with Crippen LogP contribution in [0.4, 0.5) is 0 Å². The maximum atomic E-state index is 4.48. The normalized spacial score (nSPS) is 24.7. The molecule has 18 heavy (non-hydrogen) atoms. The van der Waals surface area contributed by atoms with Crippen LogP contribution in [-0.4, -0.2) is 20.8 Å². The summed E-state index contributed by atoms with van der Waals surface area (Å²) in [6, 6.07) is 1.05. The van der Waals surface area contributed by atoms with E-state index in [1.54, 1.807) is 6.33 Å². The highest BCUT2D eigenvalue weighted by atomic mass is 15.4. The van der Waals surface area contributed by atoms with E-state index in [-0.39, 0.29) is 0 Å². The second kappa shape index (κ2) is 6.32. The van der Waals surface area contributed by atoms with Crippen LogP contribution < -0.4 is 5.32 Å². The standard InChI is InChI=1S/C14H26N4/c1-4-12-7-5-6-8-13(12)18-14(16-10-17-18)9-15-11(2)3/h10-13,15H,4-9H2,1-3H3. The van der Waals surface area contributed by atoms with Gasteiger partial charge in [-0.2, -0.15) is 5.10 Å². The number of nitrogens with one attached hydrogen (secondary N) is 1. The summed E-state index contributed by atoms with van der Waals surface area (Å²) in [5.74, 6) is 1.87. The van der Waals surface area contributed by atoms with Gasteiger partial charge in [0.15, 0.2) is 0 Å². The molecule has 4 heteroatoms. The van der Waals surface area contributed by atoms with Crippen LogP contribution in [0, 0.1) is 5.92 Å². The molecule has 1 N–H and O–H groups in total. The third-order valence-electron chi connectivity index (χ3n) is 4.02. The van der Waals surface area contributed by atoms with Gasteiger partial charge in [0, 0.05) is 6.04 Å². The number of hydrogen-bond acceptors (Lipinski definition) is 3. The lowest BCUT2D eigenvalue weighted by Gasteiger charge is -2.31. The molecule has 1 aromatic heterocycles. The monoisotopic (exact) mass is 250 g/mol. The van der Waals surface area contributed by atoms with Crippen LogP contribution >= 0.6 is 0 Å². The molecular formula is C14H26N4. The van der Waals surface area contributed by atoms with E-state index in [2.05, 4.69) is 40.9 Å². The number of nitrogens with zero attached hydrogens (tertiary/aromatic N) is 3. The van der Waals surface area contributed by atoms with Gasteiger partial charge in [-0.05, 0) is 18.8 Å². The summed E-state index contributed by atoms with van der Waals surface area (Å²) in [5, 5.41) is 7.92. The zero-order chi connectivity index (χ0) is 13.0. The predicted octanol–water partition coefficient (Wildman–Crippen LogP) is 2.92. The molecule has 0 aliphatic heterocycles. The largest absolute Gasteiger partial charge is 0.308 e. The van der Waals surface area contributed by atoms with Gasteiger partial charge < -0.3 is 5.32 Å². The van der Waals surface area contributed by atoms with Crippen LogP contribution in [-0.2, 0) is 6.54 Å². The van der Waals surface area contributed by atoms with E-state index in [0.29, 0.717) is 12.1 Å². The average Bonchev–Trinajstić information content (AvgIpc) is 2.84. The van der Waals surface area contributed by atoms with Crippen molar-refractivity contribution in [3.8, 4) is 0 Å². The first kappa shape index (κ1) is 13.5. The molecule has 0 amide bonds. The fraction of sp³-hybridized carbons (Fsp3) is 0.857. The second-order valence-electron chi connectivity index (χ2n) is 5.68. The number of aromatic nitrogens is 3. The van der Waals surface area contributed by atoms with Gasteiger partial charge in [-0.25, -0.2) is 9.67 Å². The molecule has 0 aromatic carbocycles. The first-order valence-electron chi connectivity index (χ1n) is 7.34. The lowest BCUT2D eigenvalue weighted by Crippen LogP contribution is -2.29. The van der Waals surface area contributed by atoms with E-state index >= 15 is 0 Å². The van der Waals surface area contributed by atoms with E-state index in [4.69, 9.17) is 0 Å². The molecule has 1 aliphatic carbocycles. The Morgan fingerprint density at radius 1 is 1.39 bits per heavy atom. The topological polar surface area (TPSA) is 42.7 Å². The van der Waals surface area contributed by atoms with Crippen molar-refractivity contribution in [2.45, 2.75) is 71.5 Å². The van der Waals surface area contributed by atoms with Crippen LogP contribution in [0.5, 0.6) is 0 Å². The smallest absolute Gasteiger partial charge is 0.141 e. The zero-order valence-electron chi connectivity index (χ0n) is 11.9. The minimum atomic E-state index is 0.489. The molecule has 2 atom stereocenters. The molecule has 1 saturated carbocycles. The van der Waals surface area contributed by atoms with Crippen LogP contribution in [0.2, 0.25) is 0 Å². The Hall–Kier alpha value is -0.900. The Labute approximate surface area is 110 Å². The lowest BCUT2D eigenvalue weighted by molar-refractivity contribution is 0.211. The van der Waals surface area contributed by atoms with Crippen molar-refractivity contribution < 1.29 is 0 Å². The quantitative estimate of drug-likeness (QED) is 0.873. The molecule has 4 nitrogen and oxygen atoms in total. The predicted molar refractivity (Wildman–Crippen MR) is 73.3 cm³/mol. The molecule has 1 aliphatic rings. The summed E-state index contributed by atoms with van der Waals surface area (Å²) in [4.78, 5) is 4.42.